The van der Waals surface area contributed by atoms with Crippen LogP contribution in [0.5, 0.6) is 0 Å². The van der Waals surface area contributed by atoms with Gasteiger partial charge in [0.2, 0.25) is 0 Å². The van der Waals surface area contributed by atoms with Gasteiger partial charge < -0.3 is 10.1 Å². The zero-order chi connectivity index (χ0) is 13.5. The molecule has 0 aromatic heterocycles. The minimum absolute atomic E-state index is 0.0102. The lowest BCUT2D eigenvalue weighted by atomic mass is 10.1. The van der Waals surface area contributed by atoms with Gasteiger partial charge in [0.25, 0.3) is 5.91 Å². The van der Waals surface area contributed by atoms with E-state index in [1.54, 1.807) is 0 Å². The average Bonchev–Trinajstić information content (AvgIpc) is 2.27. The van der Waals surface area contributed by atoms with Crippen LogP contribution >= 0.6 is 22.6 Å². The molecule has 1 N–H and O–H groups in total. The van der Waals surface area contributed by atoms with Crippen molar-refractivity contribution >= 4 is 28.5 Å². The van der Waals surface area contributed by atoms with E-state index in [-0.39, 0.29) is 12.0 Å². The van der Waals surface area contributed by atoms with Gasteiger partial charge in [-0.2, -0.15) is 0 Å². The fourth-order valence-corrected chi connectivity index (χ4v) is 2.41. The van der Waals surface area contributed by atoms with Gasteiger partial charge in [-0.1, -0.05) is 11.6 Å². The molecule has 0 aliphatic carbocycles. The van der Waals surface area contributed by atoms with Crippen LogP contribution < -0.4 is 5.32 Å². The molecule has 1 aromatic carbocycles. The standard InChI is InChI=1S/C14H20INO2/c1-10(2)18-8-4-7-16-14(17)12-6-5-11(3)9-13(12)15/h5-6,9-10H,4,7-8H2,1-3H3,(H,16,17). The van der Waals surface area contributed by atoms with Crippen molar-refractivity contribution in [3.05, 3.63) is 32.9 Å². The molecule has 1 amide bonds. The maximum absolute atomic E-state index is 11.9. The van der Waals surface area contributed by atoms with Gasteiger partial charge in [-0.15, -0.1) is 0 Å². The van der Waals surface area contributed by atoms with Crippen LogP contribution in [0, 0.1) is 10.5 Å². The van der Waals surface area contributed by atoms with Crippen molar-refractivity contribution in [1.29, 1.82) is 0 Å². The summed E-state index contributed by atoms with van der Waals surface area (Å²) in [5.41, 5.74) is 1.91. The summed E-state index contributed by atoms with van der Waals surface area (Å²) in [6.07, 6.45) is 1.09. The van der Waals surface area contributed by atoms with Crippen molar-refractivity contribution < 1.29 is 9.53 Å². The van der Waals surface area contributed by atoms with Gasteiger partial charge in [0, 0.05) is 16.7 Å². The predicted molar refractivity (Wildman–Crippen MR) is 81.9 cm³/mol. The molecule has 4 heteroatoms. The number of amides is 1. The Labute approximate surface area is 122 Å². The molecule has 0 aliphatic rings. The quantitative estimate of drug-likeness (QED) is 0.625. The number of hydrogen-bond acceptors (Lipinski definition) is 2. The van der Waals surface area contributed by atoms with E-state index in [9.17, 15) is 4.79 Å². The maximum Gasteiger partial charge on any atom is 0.252 e. The van der Waals surface area contributed by atoms with Crippen molar-refractivity contribution in [2.45, 2.75) is 33.3 Å². The van der Waals surface area contributed by atoms with Gasteiger partial charge in [-0.3, -0.25) is 4.79 Å². The molecular formula is C14H20INO2. The van der Waals surface area contributed by atoms with Crippen molar-refractivity contribution in [3.8, 4) is 0 Å². The third-order valence-electron chi connectivity index (χ3n) is 2.43. The highest BCUT2D eigenvalue weighted by atomic mass is 127. The van der Waals surface area contributed by atoms with E-state index in [1.165, 1.54) is 5.56 Å². The molecule has 1 rings (SSSR count). The summed E-state index contributed by atoms with van der Waals surface area (Å²) in [5, 5.41) is 2.91. The number of ether oxygens (including phenoxy) is 1. The molecule has 0 radical (unpaired) electrons. The van der Waals surface area contributed by atoms with Crippen LogP contribution in [-0.4, -0.2) is 25.2 Å². The van der Waals surface area contributed by atoms with Gasteiger partial charge >= 0.3 is 0 Å². The maximum atomic E-state index is 11.9. The second-order valence-corrected chi connectivity index (χ2v) is 5.67. The molecule has 0 saturated carbocycles. The first-order valence-corrected chi connectivity index (χ1v) is 7.24. The monoisotopic (exact) mass is 361 g/mol. The molecule has 0 bridgehead atoms. The van der Waals surface area contributed by atoms with Gasteiger partial charge in [0.05, 0.1) is 11.7 Å². The Morgan fingerprint density at radius 3 is 2.78 bits per heavy atom. The van der Waals surface area contributed by atoms with Gasteiger partial charge in [-0.25, -0.2) is 0 Å². The van der Waals surface area contributed by atoms with Crippen LogP contribution in [0.25, 0.3) is 0 Å². The Bertz CT molecular complexity index is 405. The van der Waals surface area contributed by atoms with Crippen LogP contribution in [-0.2, 0) is 4.74 Å². The molecular weight excluding hydrogens is 341 g/mol. The van der Waals surface area contributed by atoms with E-state index in [2.05, 4.69) is 27.9 Å². The fraction of sp³-hybridized carbons (Fsp3) is 0.500. The third kappa shape index (κ3) is 5.35. The summed E-state index contributed by atoms with van der Waals surface area (Å²) in [7, 11) is 0. The topological polar surface area (TPSA) is 38.3 Å². The Morgan fingerprint density at radius 1 is 1.44 bits per heavy atom. The first kappa shape index (κ1) is 15.4. The Hall–Kier alpha value is -0.620. The van der Waals surface area contributed by atoms with E-state index in [0.717, 1.165) is 15.6 Å². The second-order valence-electron chi connectivity index (χ2n) is 4.51. The van der Waals surface area contributed by atoms with Crippen LogP contribution in [0.2, 0.25) is 0 Å². The molecule has 0 fully saturated rings. The fourth-order valence-electron chi connectivity index (χ4n) is 1.49. The Morgan fingerprint density at radius 2 is 2.17 bits per heavy atom. The lowest BCUT2D eigenvalue weighted by Crippen LogP contribution is -2.26. The first-order valence-electron chi connectivity index (χ1n) is 6.16. The number of carbonyl (C=O) groups excluding carboxylic acids is 1. The lowest BCUT2D eigenvalue weighted by molar-refractivity contribution is 0.0757. The van der Waals surface area contributed by atoms with E-state index in [0.29, 0.717) is 13.2 Å². The Kier molecular flexibility index (Phi) is 6.63. The number of benzene rings is 1. The number of nitrogens with one attached hydrogen (secondary N) is 1. The highest BCUT2D eigenvalue weighted by Gasteiger charge is 2.08. The number of carbonyl (C=O) groups is 1. The summed E-state index contributed by atoms with van der Waals surface area (Å²) in [6, 6.07) is 5.84. The average molecular weight is 361 g/mol. The number of halogens is 1. The van der Waals surface area contributed by atoms with Crippen molar-refractivity contribution in [3.63, 3.8) is 0 Å². The van der Waals surface area contributed by atoms with Gasteiger partial charge in [-0.05, 0) is 61.9 Å². The predicted octanol–water partition coefficient (Wildman–Crippen LogP) is 3.14. The zero-order valence-electron chi connectivity index (χ0n) is 11.1. The van der Waals surface area contributed by atoms with Crippen molar-refractivity contribution in [2.75, 3.05) is 13.2 Å². The highest BCUT2D eigenvalue weighted by Crippen LogP contribution is 2.13. The van der Waals surface area contributed by atoms with Crippen LogP contribution in [0.15, 0.2) is 18.2 Å². The highest BCUT2D eigenvalue weighted by molar-refractivity contribution is 14.1. The van der Waals surface area contributed by atoms with Gasteiger partial charge in [0.1, 0.15) is 0 Å². The molecule has 18 heavy (non-hydrogen) atoms. The van der Waals surface area contributed by atoms with E-state index < -0.39 is 0 Å². The lowest BCUT2D eigenvalue weighted by Gasteiger charge is -2.09. The van der Waals surface area contributed by atoms with E-state index in [4.69, 9.17) is 4.74 Å². The van der Waals surface area contributed by atoms with Gasteiger partial charge in [0.15, 0.2) is 0 Å². The van der Waals surface area contributed by atoms with E-state index >= 15 is 0 Å². The van der Waals surface area contributed by atoms with Crippen LogP contribution in [0.1, 0.15) is 36.2 Å². The van der Waals surface area contributed by atoms with E-state index in [1.807, 2.05) is 39.0 Å². The summed E-state index contributed by atoms with van der Waals surface area (Å²) < 4.78 is 6.41. The molecule has 1 aromatic rings. The minimum atomic E-state index is -0.0102. The number of rotatable bonds is 6. The Balaban J connectivity index is 2.36. The summed E-state index contributed by atoms with van der Waals surface area (Å²) in [4.78, 5) is 11.9. The summed E-state index contributed by atoms with van der Waals surface area (Å²) in [5.74, 6) is -0.0102. The largest absolute Gasteiger partial charge is 0.379 e. The van der Waals surface area contributed by atoms with Crippen LogP contribution in [0.3, 0.4) is 0 Å². The molecule has 0 atom stereocenters. The SMILES string of the molecule is Cc1ccc(C(=O)NCCCOC(C)C)c(I)c1. The molecule has 0 spiro atoms. The van der Waals surface area contributed by atoms with Crippen LogP contribution in [0.4, 0.5) is 0 Å². The second kappa shape index (κ2) is 7.74. The molecule has 0 heterocycles. The molecule has 100 valence electrons. The molecule has 0 aliphatic heterocycles. The number of hydrogen-bond donors (Lipinski definition) is 1. The normalized spacial score (nSPS) is 10.7. The van der Waals surface area contributed by atoms with Crippen molar-refractivity contribution in [2.24, 2.45) is 0 Å². The molecule has 0 saturated heterocycles. The zero-order valence-corrected chi connectivity index (χ0v) is 13.3. The minimum Gasteiger partial charge on any atom is -0.379 e. The first-order chi connectivity index (χ1) is 8.50. The smallest absolute Gasteiger partial charge is 0.252 e. The van der Waals surface area contributed by atoms with Crippen molar-refractivity contribution in [1.82, 2.24) is 5.32 Å². The number of aryl methyl sites for hydroxylation is 1. The summed E-state index contributed by atoms with van der Waals surface area (Å²) >= 11 is 2.19. The summed E-state index contributed by atoms with van der Waals surface area (Å²) in [6.45, 7) is 7.37. The molecule has 3 nitrogen and oxygen atoms in total. The third-order valence-corrected chi connectivity index (χ3v) is 3.32. The molecule has 0 unspecified atom stereocenters.